The Hall–Kier alpha value is -2.46. The molecule has 120 valence electrons. The van der Waals surface area contributed by atoms with Crippen LogP contribution in [0.25, 0.3) is 0 Å². The summed E-state index contributed by atoms with van der Waals surface area (Å²) in [5.41, 5.74) is 3.31. The third kappa shape index (κ3) is 2.66. The van der Waals surface area contributed by atoms with E-state index in [2.05, 4.69) is 26.3 Å². The first-order valence-corrected chi connectivity index (χ1v) is 7.63. The van der Waals surface area contributed by atoms with Crippen LogP contribution in [0, 0.1) is 31.1 Å². The fourth-order valence-corrected chi connectivity index (χ4v) is 3.19. The molecule has 1 fully saturated rings. The van der Waals surface area contributed by atoms with Crippen molar-refractivity contribution in [1.82, 2.24) is 20.0 Å². The van der Waals surface area contributed by atoms with Gasteiger partial charge >= 0.3 is 0 Å². The Balaban J connectivity index is 1.94. The van der Waals surface area contributed by atoms with Crippen molar-refractivity contribution in [3.8, 4) is 6.07 Å². The van der Waals surface area contributed by atoms with Crippen LogP contribution in [0.1, 0.15) is 28.3 Å². The van der Waals surface area contributed by atoms with Gasteiger partial charge in [0.1, 0.15) is 11.6 Å². The van der Waals surface area contributed by atoms with Crippen LogP contribution in [-0.2, 0) is 7.05 Å². The Labute approximate surface area is 135 Å². The van der Waals surface area contributed by atoms with Crippen LogP contribution in [0.2, 0.25) is 0 Å². The maximum Gasteiger partial charge on any atom is 0.169 e. The number of nitriles is 1. The van der Waals surface area contributed by atoms with E-state index in [-0.39, 0.29) is 18.4 Å². The number of anilines is 1. The lowest BCUT2D eigenvalue weighted by Crippen LogP contribution is -2.24. The van der Waals surface area contributed by atoms with E-state index in [0.717, 1.165) is 16.8 Å². The van der Waals surface area contributed by atoms with Gasteiger partial charge in [0.2, 0.25) is 0 Å². The van der Waals surface area contributed by atoms with Gasteiger partial charge in [-0.3, -0.25) is 4.68 Å². The van der Waals surface area contributed by atoms with Crippen molar-refractivity contribution in [2.45, 2.75) is 19.8 Å². The molecule has 0 aromatic carbocycles. The highest BCUT2D eigenvalue weighted by molar-refractivity contribution is 5.58. The molecular weight excluding hydrogens is 292 g/mol. The molecular formula is C16H20N6O. The molecule has 1 aliphatic heterocycles. The van der Waals surface area contributed by atoms with Crippen LogP contribution in [0.3, 0.4) is 0 Å². The molecule has 7 heteroatoms. The molecule has 23 heavy (non-hydrogen) atoms. The summed E-state index contributed by atoms with van der Waals surface area (Å²) in [6.07, 6.45) is 3.82. The van der Waals surface area contributed by atoms with Crippen LogP contribution in [0.5, 0.6) is 0 Å². The van der Waals surface area contributed by atoms with E-state index < -0.39 is 0 Å². The first-order chi connectivity index (χ1) is 11.0. The number of aliphatic hydroxyl groups excluding tert-OH is 1. The van der Waals surface area contributed by atoms with Gasteiger partial charge in [-0.05, 0) is 25.0 Å². The molecule has 2 aromatic rings. The Morgan fingerprint density at radius 1 is 1.35 bits per heavy atom. The van der Waals surface area contributed by atoms with E-state index in [9.17, 15) is 10.4 Å². The Bertz CT molecular complexity index is 762. The summed E-state index contributed by atoms with van der Waals surface area (Å²) in [6, 6.07) is 2.25. The minimum Gasteiger partial charge on any atom is -0.396 e. The standard InChI is InChI=1S/C16H20N6O/c1-10-11(2)19-20-16(14(10)4-17)22-7-13(9-23)15(8-22)12-5-18-21(3)6-12/h5-6,13,15,23H,7-9H2,1-3H3/t13-,15-/m0/s1. The molecule has 7 nitrogen and oxygen atoms in total. The molecule has 2 aromatic heterocycles. The molecule has 2 atom stereocenters. The highest BCUT2D eigenvalue weighted by Crippen LogP contribution is 2.35. The molecule has 0 spiro atoms. The van der Waals surface area contributed by atoms with Crippen LogP contribution in [-0.4, -0.2) is 44.8 Å². The molecule has 0 saturated carbocycles. The molecule has 0 bridgehead atoms. The fourth-order valence-electron chi connectivity index (χ4n) is 3.19. The normalized spacial score (nSPS) is 20.7. The Morgan fingerprint density at radius 2 is 2.13 bits per heavy atom. The monoisotopic (exact) mass is 312 g/mol. The molecule has 1 aliphatic rings. The zero-order valence-corrected chi connectivity index (χ0v) is 13.6. The number of hydrogen-bond acceptors (Lipinski definition) is 6. The van der Waals surface area contributed by atoms with Crippen molar-refractivity contribution in [2.24, 2.45) is 13.0 Å². The van der Waals surface area contributed by atoms with Gasteiger partial charge in [-0.15, -0.1) is 5.10 Å². The highest BCUT2D eigenvalue weighted by atomic mass is 16.3. The molecule has 1 saturated heterocycles. The van der Waals surface area contributed by atoms with Crippen LogP contribution >= 0.6 is 0 Å². The van der Waals surface area contributed by atoms with Crippen molar-refractivity contribution < 1.29 is 5.11 Å². The largest absolute Gasteiger partial charge is 0.396 e. The SMILES string of the molecule is Cc1nnc(N2C[C@@H](CO)[C@H](c3cnn(C)c3)C2)c(C#N)c1C. The lowest BCUT2D eigenvalue weighted by Gasteiger charge is -2.19. The summed E-state index contributed by atoms with van der Waals surface area (Å²) in [6.45, 7) is 5.19. The summed E-state index contributed by atoms with van der Waals surface area (Å²) in [5.74, 6) is 0.873. The summed E-state index contributed by atoms with van der Waals surface area (Å²) in [5, 5.41) is 31.9. The number of hydrogen-bond donors (Lipinski definition) is 1. The number of aryl methyl sites for hydroxylation is 2. The summed E-state index contributed by atoms with van der Waals surface area (Å²) in [7, 11) is 1.88. The maximum atomic E-state index is 9.74. The lowest BCUT2D eigenvalue weighted by atomic mass is 9.92. The molecule has 1 N–H and O–H groups in total. The van der Waals surface area contributed by atoms with Crippen LogP contribution in [0.15, 0.2) is 12.4 Å². The third-order valence-electron chi connectivity index (χ3n) is 4.68. The van der Waals surface area contributed by atoms with E-state index in [1.54, 1.807) is 4.68 Å². The summed E-state index contributed by atoms with van der Waals surface area (Å²) in [4.78, 5) is 2.05. The van der Waals surface area contributed by atoms with E-state index in [0.29, 0.717) is 24.5 Å². The summed E-state index contributed by atoms with van der Waals surface area (Å²) >= 11 is 0. The van der Waals surface area contributed by atoms with Crippen molar-refractivity contribution in [1.29, 1.82) is 5.26 Å². The molecule has 0 unspecified atom stereocenters. The van der Waals surface area contributed by atoms with E-state index >= 15 is 0 Å². The second-order valence-electron chi connectivity index (χ2n) is 6.12. The van der Waals surface area contributed by atoms with Gasteiger partial charge in [-0.1, -0.05) is 0 Å². The first kappa shape index (κ1) is 15.4. The number of aromatic nitrogens is 4. The highest BCUT2D eigenvalue weighted by Gasteiger charge is 2.36. The van der Waals surface area contributed by atoms with Crippen molar-refractivity contribution >= 4 is 5.82 Å². The second kappa shape index (κ2) is 5.97. The summed E-state index contributed by atoms with van der Waals surface area (Å²) < 4.78 is 1.77. The van der Waals surface area contributed by atoms with Gasteiger partial charge in [0.15, 0.2) is 5.82 Å². The van der Waals surface area contributed by atoms with E-state index in [1.807, 2.05) is 33.3 Å². The number of aliphatic hydroxyl groups is 1. The Morgan fingerprint density at radius 3 is 2.74 bits per heavy atom. The van der Waals surface area contributed by atoms with Gasteiger partial charge in [-0.2, -0.15) is 15.5 Å². The zero-order valence-electron chi connectivity index (χ0n) is 13.6. The molecule has 0 radical (unpaired) electrons. The maximum absolute atomic E-state index is 9.74. The van der Waals surface area contributed by atoms with Crippen LogP contribution in [0.4, 0.5) is 5.82 Å². The smallest absolute Gasteiger partial charge is 0.169 e. The fraction of sp³-hybridized carbons (Fsp3) is 0.500. The number of nitrogens with zero attached hydrogens (tertiary/aromatic N) is 6. The van der Waals surface area contributed by atoms with E-state index in [4.69, 9.17) is 0 Å². The average molecular weight is 312 g/mol. The topological polar surface area (TPSA) is 90.9 Å². The average Bonchev–Trinajstić information content (AvgIpc) is 3.15. The third-order valence-corrected chi connectivity index (χ3v) is 4.68. The van der Waals surface area contributed by atoms with Gasteiger partial charge in [-0.25, -0.2) is 0 Å². The first-order valence-electron chi connectivity index (χ1n) is 7.63. The Kier molecular flexibility index (Phi) is 4.01. The van der Waals surface area contributed by atoms with Gasteiger partial charge in [0.25, 0.3) is 0 Å². The zero-order chi connectivity index (χ0) is 16.6. The van der Waals surface area contributed by atoms with Gasteiger partial charge in [0.05, 0.1) is 11.9 Å². The number of rotatable bonds is 3. The lowest BCUT2D eigenvalue weighted by molar-refractivity contribution is 0.227. The van der Waals surface area contributed by atoms with Crippen molar-refractivity contribution in [2.75, 3.05) is 24.6 Å². The molecule has 0 aliphatic carbocycles. The van der Waals surface area contributed by atoms with Gasteiger partial charge < -0.3 is 10.0 Å². The second-order valence-corrected chi connectivity index (χ2v) is 6.12. The quantitative estimate of drug-likeness (QED) is 0.906. The van der Waals surface area contributed by atoms with Crippen LogP contribution < -0.4 is 4.90 Å². The minimum atomic E-state index is 0.0918. The molecule has 3 heterocycles. The molecule has 0 amide bonds. The van der Waals surface area contributed by atoms with Gasteiger partial charge in [0, 0.05) is 44.8 Å². The minimum absolute atomic E-state index is 0.0918. The van der Waals surface area contributed by atoms with E-state index in [1.165, 1.54) is 0 Å². The molecule has 3 rings (SSSR count). The van der Waals surface area contributed by atoms with Crippen molar-refractivity contribution in [3.05, 3.63) is 34.8 Å². The predicted octanol–water partition coefficient (Wildman–Crippen LogP) is 0.911. The van der Waals surface area contributed by atoms with Crippen molar-refractivity contribution in [3.63, 3.8) is 0 Å². The predicted molar refractivity (Wildman–Crippen MR) is 85.0 cm³/mol.